The lowest BCUT2D eigenvalue weighted by atomic mass is 10.1. The van der Waals surface area contributed by atoms with Crippen LogP contribution in [0.5, 0.6) is 11.5 Å². The summed E-state index contributed by atoms with van der Waals surface area (Å²) >= 11 is 0. The highest BCUT2D eigenvalue weighted by Gasteiger charge is 2.31. The van der Waals surface area contributed by atoms with Gasteiger partial charge in [-0.1, -0.05) is 6.07 Å². The summed E-state index contributed by atoms with van der Waals surface area (Å²) in [7, 11) is 0. The molecule has 0 bridgehead atoms. The molecule has 1 aliphatic rings. The molecule has 1 aliphatic heterocycles. The second-order valence-corrected chi connectivity index (χ2v) is 5.39. The number of pyridine rings is 1. The van der Waals surface area contributed by atoms with Gasteiger partial charge in [0.05, 0.1) is 5.92 Å². The molecule has 1 amide bonds. The third kappa shape index (κ3) is 3.48. The lowest BCUT2D eigenvalue weighted by Crippen LogP contribution is -2.29. The number of likely N-dealkylation sites (tertiary alicyclic amines) is 1. The van der Waals surface area contributed by atoms with Crippen molar-refractivity contribution in [3.05, 3.63) is 54.4 Å². The molecule has 0 saturated carbocycles. The number of carboxylic acids is 1. The average Bonchev–Trinajstić information content (AvgIpc) is 3.06. The van der Waals surface area contributed by atoms with E-state index in [1.54, 1.807) is 53.7 Å². The summed E-state index contributed by atoms with van der Waals surface area (Å²) < 4.78 is 5.69. The first-order valence-electron chi connectivity index (χ1n) is 7.33. The van der Waals surface area contributed by atoms with Crippen LogP contribution in [0.3, 0.4) is 0 Å². The molecule has 0 spiro atoms. The van der Waals surface area contributed by atoms with Gasteiger partial charge in [0.25, 0.3) is 5.91 Å². The third-order valence-corrected chi connectivity index (χ3v) is 3.79. The molecule has 1 aromatic heterocycles. The predicted molar refractivity (Wildman–Crippen MR) is 82.4 cm³/mol. The Morgan fingerprint density at radius 2 is 1.96 bits per heavy atom. The molecule has 0 aliphatic carbocycles. The summed E-state index contributed by atoms with van der Waals surface area (Å²) in [5, 5.41) is 9.03. The molecule has 6 nitrogen and oxygen atoms in total. The highest BCUT2D eigenvalue weighted by Crippen LogP contribution is 2.24. The van der Waals surface area contributed by atoms with Crippen LogP contribution in [-0.2, 0) is 4.79 Å². The zero-order valence-electron chi connectivity index (χ0n) is 12.4. The Hall–Kier alpha value is -2.89. The number of hydrogen-bond donors (Lipinski definition) is 1. The van der Waals surface area contributed by atoms with Crippen molar-refractivity contribution >= 4 is 11.9 Å². The molecule has 6 heteroatoms. The van der Waals surface area contributed by atoms with Crippen LogP contribution in [0.2, 0.25) is 0 Å². The van der Waals surface area contributed by atoms with E-state index in [0.717, 1.165) is 0 Å². The fourth-order valence-electron chi connectivity index (χ4n) is 2.56. The second kappa shape index (κ2) is 6.48. The third-order valence-electron chi connectivity index (χ3n) is 3.79. The van der Waals surface area contributed by atoms with Gasteiger partial charge < -0.3 is 14.7 Å². The van der Waals surface area contributed by atoms with Gasteiger partial charge in [-0.3, -0.25) is 14.6 Å². The molecule has 1 saturated heterocycles. The first-order valence-corrected chi connectivity index (χ1v) is 7.33. The van der Waals surface area contributed by atoms with Gasteiger partial charge in [0.2, 0.25) is 0 Å². The molecule has 3 rings (SSSR count). The van der Waals surface area contributed by atoms with E-state index in [2.05, 4.69) is 4.98 Å². The van der Waals surface area contributed by atoms with Gasteiger partial charge in [-0.15, -0.1) is 0 Å². The van der Waals surface area contributed by atoms with Crippen LogP contribution < -0.4 is 4.74 Å². The van der Waals surface area contributed by atoms with E-state index in [9.17, 15) is 9.59 Å². The van der Waals surface area contributed by atoms with Crippen molar-refractivity contribution in [1.29, 1.82) is 0 Å². The molecule has 1 aromatic carbocycles. The number of amides is 1. The van der Waals surface area contributed by atoms with Gasteiger partial charge >= 0.3 is 5.97 Å². The molecule has 118 valence electrons. The molecule has 2 heterocycles. The van der Waals surface area contributed by atoms with E-state index >= 15 is 0 Å². The number of hydrogen-bond acceptors (Lipinski definition) is 4. The molecule has 1 atom stereocenters. The van der Waals surface area contributed by atoms with Gasteiger partial charge in [0, 0.05) is 31.0 Å². The van der Waals surface area contributed by atoms with Crippen LogP contribution >= 0.6 is 0 Å². The molecule has 23 heavy (non-hydrogen) atoms. The maximum atomic E-state index is 12.5. The summed E-state index contributed by atoms with van der Waals surface area (Å²) in [5.41, 5.74) is 0.489. The van der Waals surface area contributed by atoms with Crippen LogP contribution in [-0.4, -0.2) is 40.0 Å². The number of carbonyl (C=O) groups is 2. The van der Waals surface area contributed by atoms with Crippen LogP contribution in [0, 0.1) is 5.92 Å². The standard InChI is InChI=1S/C17H16N2O4/c20-16(19-9-6-13(11-19)17(21)22)12-2-1-3-15(10-12)23-14-4-7-18-8-5-14/h1-5,7-8,10,13H,6,9,11H2,(H,21,22)/t13-/m1/s1. The fraction of sp³-hybridized carbons (Fsp3) is 0.235. The largest absolute Gasteiger partial charge is 0.481 e. The van der Waals surface area contributed by atoms with Gasteiger partial charge in [-0.25, -0.2) is 0 Å². The van der Waals surface area contributed by atoms with Crippen LogP contribution in [0.15, 0.2) is 48.8 Å². The number of aromatic nitrogens is 1. The summed E-state index contributed by atoms with van der Waals surface area (Å²) in [4.78, 5) is 29.0. The molecule has 1 fully saturated rings. The second-order valence-electron chi connectivity index (χ2n) is 5.39. The highest BCUT2D eigenvalue weighted by molar-refractivity contribution is 5.95. The summed E-state index contributed by atoms with van der Waals surface area (Å²) in [6.07, 6.45) is 3.75. The van der Waals surface area contributed by atoms with Crippen LogP contribution in [0.25, 0.3) is 0 Å². The van der Waals surface area contributed by atoms with Gasteiger partial charge in [0.15, 0.2) is 0 Å². The number of ether oxygens (including phenoxy) is 1. The van der Waals surface area contributed by atoms with Crippen LogP contribution in [0.4, 0.5) is 0 Å². The smallest absolute Gasteiger partial charge is 0.308 e. The Kier molecular flexibility index (Phi) is 4.23. The van der Waals surface area contributed by atoms with Crippen molar-refractivity contribution in [3.8, 4) is 11.5 Å². The maximum absolute atomic E-state index is 12.5. The Morgan fingerprint density at radius 1 is 1.17 bits per heavy atom. The van der Waals surface area contributed by atoms with E-state index in [-0.39, 0.29) is 12.5 Å². The van der Waals surface area contributed by atoms with Crippen molar-refractivity contribution in [2.75, 3.05) is 13.1 Å². The Morgan fingerprint density at radius 3 is 2.65 bits per heavy atom. The van der Waals surface area contributed by atoms with Crippen LogP contribution in [0.1, 0.15) is 16.8 Å². The number of benzene rings is 1. The van der Waals surface area contributed by atoms with Gasteiger partial charge in [-0.2, -0.15) is 0 Å². The van der Waals surface area contributed by atoms with Gasteiger partial charge in [0.1, 0.15) is 11.5 Å². The summed E-state index contributed by atoms with van der Waals surface area (Å²) in [5.74, 6) is -0.313. The highest BCUT2D eigenvalue weighted by atomic mass is 16.5. The van der Waals surface area contributed by atoms with Crippen molar-refractivity contribution in [2.24, 2.45) is 5.92 Å². The molecule has 2 aromatic rings. The van der Waals surface area contributed by atoms with E-state index in [1.807, 2.05) is 0 Å². The molecular formula is C17H16N2O4. The lowest BCUT2D eigenvalue weighted by molar-refractivity contribution is -0.141. The maximum Gasteiger partial charge on any atom is 0.308 e. The van der Waals surface area contributed by atoms with Crippen molar-refractivity contribution < 1.29 is 19.4 Å². The average molecular weight is 312 g/mol. The first-order chi connectivity index (χ1) is 11.1. The number of nitrogens with zero attached hydrogens (tertiary/aromatic N) is 2. The SMILES string of the molecule is O=C(O)[C@@H]1CCN(C(=O)c2cccc(Oc3ccncc3)c2)C1. The fourth-order valence-corrected chi connectivity index (χ4v) is 2.56. The molecule has 0 radical (unpaired) electrons. The molecule has 0 unspecified atom stereocenters. The number of rotatable bonds is 4. The van der Waals surface area contributed by atoms with Crippen molar-refractivity contribution in [1.82, 2.24) is 9.88 Å². The zero-order chi connectivity index (χ0) is 16.2. The number of carboxylic acid groups (broad SMARTS) is 1. The zero-order valence-corrected chi connectivity index (χ0v) is 12.4. The minimum Gasteiger partial charge on any atom is -0.481 e. The lowest BCUT2D eigenvalue weighted by Gasteiger charge is -2.16. The monoisotopic (exact) mass is 312 g/mol. The number of aliphatic carboxylic acids is 1. The topological polar surface area (TPSA) is 79.7 Å². The predicted octanol–water partition coefficient (Wildman–Crippen LogP) is 2.42. The summed E-state index contributed by atoms with van der Waals surface area (Å²) in [6, 6.07) is 10.3. The van der Waals surface area contributed by atoms with E-state index in [1.165, 1.54) is 0 Å². The Bertz CT molecular complexity index is 718. The Balaban J connectivity index is 1.72. The van der Waals surface area contributed by atoms with Crippen molar-refractivity contribution in [3.63, 3.8) is 0 Å². The number of carbonyl (C=O) groups excluding carboxylic acids is 1. The normalized spacial score (nSPS) is 17.0. The van der Waals surface area contributed by atoms with E-state index in [0.29, 0.717) is 30.0 Å². The van der Waals surface area contributed by atoms with Crippen molar-refractivity contribution in [2.45, 2.75) is 6.42 Å². The van der Waals surface area contributed by atoms with E-state index < -0.39 is 11.9 Å². The quantitative estimate of drug-likeness (QED) is 0.938. The Labute approximate surface area is 133 Å². The summed E-state index contributed by atoms with van der Waals surface area (Å²) in [6.45, 7) is 0.717. The minimum atomic E-state index is -0.852. The molecule has 1 N–H and O–H groups in total. The van der Waals surface area contributed by atoms with E-state index in [4.69, 9.17) is 9.84 Å². The minimum absolute atomic E-state index is 0.172. The molecular weight excluding hydrogens is 296 g/mol. The first kappa shape index (κ1) is 15.0. The van der Waals surface area contributed by atoms with Gasteiger partial charge in [-0.05, 0) is 36.8 Å².